The molecule has 0 radical (unpaired) electrons. The Labute approximate surface area is 92.0 Å². The summed E-state index contributed by atoms with van der Waals surface area (Å²) < 4.78 is 0. The molecule has 0 aliphatic heterocycles. The smallest absolute Gasteiger partial charge is 0.303 e. The summed E-state index contributed by atoms with van der Waals surface area (Å²) >= 11 is 0. The van der Waals surface area contributed by atoms with Crippen LogP contribution in [0.15, 0.2) is 0 Å². The van der Waals surface area contributed by atoms with Crippen molar-refractivity contribution in [3.05, 3.63) is 0 Å². The third-order valence-electron chi connectivity index (χ3n) is 2.08. The maximum Gasteiger partial charge on any atom is 0.303 e. The molecule has 0 fully saturated rings. The number of ketones is 1. The second-order valence-electron chi connectivity index (χ2n) is 3.53. The number of carboxylic acids is 1. The van der Waals surface area contributed by atoms with Gasteiger partial charge in [0.15, 0.2) is 5.78 Å². The van der Waals surface area contributed by atoms with Crippen LogP contribution in [0.25, 0.3) is 0 Å². The second-order valence-corrected chi connectivity index (χ2v) is 3.53. The van der Waals surface area contributed by atoms with Gasteiger partial charge in [-0.1, -0.05) is 0 Å². The Morgan fingerprint density at radius 2 is 1.50 bits per heavy atom. The van der Waals surface area contributed by atoms with Crippen molar-refractivity contribution in [3.8, 4) is 0 Å². The van der Waals surface area contributed by atoms with Crippen molar-refractivity contribution in [2.24, 2.45) is 0 Å². The molecule has 0 aliphatic rings. The highest BCUT2D eigenvalue weighted by atomic mass is 16.4. The summed E-state index contributed by atoms with van der Waals surface area (Å²) in [4.78, 5) is 21.3. The van der Waals surface area contributed by atoms with Gasteiger partial charge in [-0.3, -0.25) is 9.59 Å². The minimum absolute atomic E-state index is 0.444. The van der Waals surface area contributed by atoms with Crippen LogP contribution in [0, 0.1) is 0 Å². The number of carboxylic acid groups (broad SMARTS) is 1. The summed E-state index contributed by atoms with van der Waals surface area (Å²) in [6.07, 6.45) is -7.61. The Kier molecular flexibility index (Phi) is 6.12. The standard InChI is InChI=1S/C9H16O7/c1-4(10)7(14)9(16)8(15)5(11)2-3-6(12)13/h4,7-10,14-16H,2-3H2,1H3,(H,12,13)/t4-,7-,8-,9+/m1/s1. The van der Waals surface area contributed by atoms with E-state index in [4.69, 9.17) is 15.3 Å². The zero-order valence-electron chi connectivity index (χ0n) is 8.78. The van der Waals surface area contributed by atoms with Gasteiger partial charge in [0, 0.05) is 6.42 Å². The Balaban J connectivity index is 4.26. The Bertz CT molecular complexity index is 250. The number of aliphatic hydroxyl groups excluding tert-OH is 4. The van der Waals surface area contributed by atoms with Crippen molar-refractivity contribution in [1.82, 2.24) is 0 Å². The third-order valence-corrected chi connectivity index (χ3v) is 2.08. The van der Waals surface area contributed by atoms with Gasteiger partial charge in [0.05, 0.1) is 12.5 Å². The number of carbonyl (C=O) groups is 2. The number of Topliss-reactive ketones (excluding diaryl/α,β-unsaturated/α-hetero) is 1. The van der Waals surface area contributed by atoms with Gasteiger partial charge in [-0.15, -0.1) is 0 Å². The molecule has 94 valence electrons. The maximum atomic E-state index is 11.1. The topological polar surface area (TPSA) is 135 Å². The van der Waals surface area contributed by atoms with Gasteiger partial charge in [0.25, 0.3) is 0 Å². The van der Waals surface area contributed by atoms with E-state index in [0.717, 1.165) is 0 Å². The molecule has 0 rings (SSSR count). The molecule has 0 saturated heterocycles. The number of hydrogen-bond acceptors (Lipinski definition) is 6. The first-order valence-corrected chi connectivity index (χ1v) is 4.74. The van der Waals surface area contributed by atoms with Gasteiger partial charge >= 0.3 is 5.97 Å². The SMILES string of the molecule is C[C@@H](O)[C@@H](O)[C@H](O)[C@H](O)C(=O)CCC(=O)O. The van der Waals surface area contributed by atoms with Crippen molar-refractivity contribution in [1.29, 1.82) is 0 Å². The van der Waals surface area contributed by atoms with E-state index in [2.05, 4.69) is 0 Å². The van der Waals surface area contributed by atoms with Crippen LogP contribution in [0.5, 0.6) is 0 Å². The van der Waals surface area contributed by atoms with Crippen LogP contribution < -0.4 is 0 Å². The number of aliphatic carboxylic acids is 1. The van der Waals surface area contributed by atoms with E-state index in [9.17, 15) is 19.8 Å². The van der Waals surface area contributed by atoms with Gasteiger partial charge in [0.2, 0.25) is 0 Å². The molecule has 0 spiro atoms. The number of carbonyl (C=O) groups excluding carboxylic acids is 1. The fraction of sp³-hybridized carbons (Fsp3) is 0.778. The quantitative estimate of drug-likeness (QED) is 0.341. The molecule has 0 heterocycles. The van der Waals surface area contributed by atoms with Crippen LogP contribution in [0.3, 0.4) is 0 Å². The van der Waals surface area contributed by atoms with Gasteiger partial charge in [-0.05, 0) is 6.92 Å². The summed E-state index contributed by atoms with van der Waals surface area (Å²) in [7, 11) is 0. The van der Waals surface area contributed by atoms with Gasteiger partial charge < -0.3 is 25.5 Å². The lowest BCUT2D eigenvalue weighted by atomic mass is 9.99. The van der Waals surface area contributed by atoms with E-state index in [1.165, 1.54) is 6.92 Å². The minimum atomic E-state index is -1.90. The Hall–Kier alpha value is -1.02. The first-order valence-electron chi connectivity index (χ1n) is 4.74. The fourth-order valence-electron chi connectivity index (χ4n) is 1.04. The van der Waals surface area contributed by atoms with Crippen molar-refractivity contribution in [2.45, 2.75) is 44.2 Å². The molecule has 4 atom stereocenters. The van der Waals surface area contributed by atoms with Crippen molar-refractivity contribution in [3.63, 3.8) is 0 Å². The van der Waals surface area contributed by atoms with Gasteiger partial charge in [0.1, 0.15) is 18.3 Å². The van der Waals surface area contributed by atoms with Crippen LogP contribution in [0.4, 0.5) is 0 Å². The lowest BCUT2D eigenvalue weighted by Crippen LogP contribution is -2.46. The average Bonchev–Trinajstić information content (AvgIpc) is 2.22. The van der Waals surface area contributed by atoms with E-state index in [1.807, 2.05) is 0 Å². The molecule has 0 aromatic carbocycles. The normalized spacial score (nSPS) is 18.6. The highest BCUT2D eigenvalue weighted by molar-refractivity contribution is 5.86. The number of hydrogen-bond donors (Lipinski definition) is 5. The molecule has 0 saturated carbocycles. The molecule has 0 unspecified atom stereocenters. The van der Waals surface area contributed by atoms with E-state index in [1.54, 1.807) is 0 Å². The summed E-state index contributed by atoms with van der Waals surface area (Å²) in [6.45, 7) is 1.18. The zero-order chi connectivity index (χ0) is 12.9. The van der Waals surface area contributed by atoms with Crippen LogP contribution in [-0.2, 0) is 9.59 Å². The van der Waals surface area contributed by atoms with E-state index >= 15 is 0 Å². The van der Waals surface area contributed by atoms with Crippen LogP contribution in [0.1, 0.15) is 19.8 Å². The van der Waals surface area contributed by atoms with Crippen LogP contribution >= 0.6 is 0 Å². The number of aliphatic hydroxyl groups is 4. The molecular formula is C9H16O7. The second kappa shape index (κ2) is 6.54. The third kappa shape index (κ3) is 4.67. The molecule has 0 amide bonds. The first kappa shape index (κ1) is 15.0. The van der Waals surface area contributed by atoms with E-state index < -0.39 is 49.0 Å². The predicted molar refractivity (Wildman–Crippen MR) is 51.6 cm³/mol. The molecule has 7 nitrogen and oxygen atoms in total. The molecule has 0 aromatic rings. The van der Waals surface area contributed by atoms with Gasteiger partial charge in [-0.2, -0.15) is 0 Å². The van der Waals surface area contributed by atoms with Crippen LogP contribution in [-0.4, -0.2) is 61.7 Å². The van der Waals surface area contributed by atoms with Gasteiger partial charge in [-0.25, -0.2) is 0 Å². The maximum absolute atomic E-state index is 11.1. The highest BCUT2D eigenvalue weighted by Gasteiger charge is 2.32. The predicted octanol–water partition coefficient (Wildman–Crippen LogP) is -2.12. The zero-order valence-corrected chi connectivity index (χ0v) is 8.78. The molecule has 0 aromatic heterocycles. The largest absolute Gasteiger partial charge is 0.481 e. The molecule has 0 bridgehead atoms. The molecule has 7 heteroatoms. The molecule has 16 heavy (non-hydrogen) atoms. The Morgan fingerprint density at radius 3 is 1.88 bits per heavy atom. The minimum Gasteiger partial charge on any atom is -0.481 e. The lowest BCUT2D eigenvalue weighted by molar-refractivity contribution is -0.147. The molecule has 5 N–H and O–H groups in total. The van der Waals surface area contributed by atoms with Crippen molar-refractivity contribution in [2.75, 3.05) is 0 Å². The van der Waals surface area contributed by atoms with E-state index in [0.29, 0.717) is 0 Å². The monoisotopic (exact) mass is 236 g/mol. The molecular weight excluding hydrogens is 220 g/mol. The highest BCUT2D eigenvalue weighted by Crippen LogP contribution is 2.08. The number of rotatable bonds is 7. The fourth-order valence-corrected chi connectivity index (χ4v) is 1.04. The first-order chi connectivity index (χ1) is 7.27. The summed E-state index contributed by atoms with van der Waals surface area (Å²) in [5.41, 5.74) is 0. The lowest BCUT2D eigenvalue weighted by Gasteiger charge is -2.23. The van der Waals surface area contributed by atoms with Crippen LogP contribution in [0.2, 0.25) is 0 Å². The van der Waals surface area contributed by atoms with E-state index in [-0.39, 0.29) is 0 Å². The summed E-state index contributed by atoms with van der Waals surface area (Å²) in [6, 6.07) is 0. The Morgan fingerprint density at radius 1 is 1.00 bits per heavy atom. The summed E-state index contributed by atoms with van der Waals surface area (Å²) in [5, 5.41) is 44.9. The molecule has 0 aliphatic carbocycles. The average molecular weight is 236 g/mol. The summed E-state index contributed by atoms with van der Waals surface area (Å²) in [5.74, 6) is -2.10. The van der Waals surface area contributed by atoms with Crippen molar-refractivity contribution >= 4 is 11.8 Å². The van der Waals surface area contributed by atoms with Crippen molar-refractivity contribution < 1.29 is 35.1 Å².